The summed E-state index contributed by atoms with van der Waals surface area (Å²) in [5.41, 5.74) is 0. The van der Waals surface area contributed by atoms with Gasteiger partial charge in [0.15, 0.2) is 5.76 Å². The average Bonchev–Trinajstić information content (AvgIpc) is 3.26. The van der Waals surface area contributed by atoms with Gasteiger partial charge in [0, 0.05) is 12.5 Å². The molecular formula is C16H20N4O3S. The Morgan fingerprint density at radius 1 is 1.38 bits per heavy atom. The molecule has 7 nitrogen and oxygen atoms in total. The van der Waals surface area contributed by atoms with E-state index in [1.807, 2.05) is 13.8 Å². The highest BCUT2D eigenvalue weighted by atomic mass is 32.1. The fraction of sp³-hybridized carbons (Fsp3) is 0.500. The Bertz CT molecular complexity index is 711. The first-order chi connectivity index (χ1) is 11.6. The number of likely N-dealkylation sites (tertiary alicyclic amines) is 1. The predicted octanol–water partition coefficient (Wildman–Crippen LogP) is 2.89. The Hall–Kier alpha value is -2.22. The third-order valence-corrected chi connectivity index (χ3v) is 5.10. The number of aromatic nitrogens is 2. The van der Waals surface area contributed by atoms with Gasteiger partial charge in [-0.15, -0.1) is 10.2 Å². The van der Waals surface area contributed by atoms with Gasteiger partial charge < -0.3 is 9.32 Å². The number of piperidine rings is 1. The standard InChI is InChI=1S/C16H20N4O3S/c1-10(2)14-18-19-16(24-14)17-13(21)11-6-3-4-8-20(11)15(22)12-7-5-9-23-12/h5,7,9-11H,3-4,6,8H2,1-2H3,(H,17,19,21). The Morgan fingerprint density at radius 3 is 2.88 bits per heavy atom. The van der Waals surface area contributed by atoms with Crippen molar-refractivity contribution < 1.29 is 14.0 Å². The first kappa shape index (κ1) is 16.6. The van der Waals surface area contributed by atoms with E-state index in [0.717, 1.165) is 17.8 Å². The van der Waals surface area contributed by atoms with Crippen LogP contribution in [0.4, 0.5) is 5.13 Å². The second-order valence-corrected chi connectivity index (χ2v) is 7.09. The van der Waals surface area contributed by atoms with Crippen molar-refractivity contribution >= 4 is 28.3 Å². The smallest absolute Gasteiger partial charge is 0.290 e. The van der Waals surface area contributed by atoms with Crippen molar-refractivity contribution in [3.8, 4) is 0 Å². The van der Waals surface area contributed by atoms with Gasteiger partial charge in [-0.05, 0) is 31.4 Å². The van der Waals surface area contributed by atoms with E-state index in [-0.39, 0.29) is 23.5 Å². The molecule has 128 valence electrons. The van der Waals surface area contributed by atoms with Crippen LogP contribution >= 0.6 is 11.3 Å². The van der Waals surface area contributed by atoms with Crippen molar-refractivity contribution in [2.24, 2.45) is 0 Å². The van der Waals surface area contributed by atoms with Crippen LogP contribution in [-0.4, -0.2) is 39.5 Å². The summed E-state index contributed by atoms with van der Waals surface area (Å²) in [6.45, 7) is 4.60. The summed E-state index contributed by atoms with van der Waals surface area (Å²) in [7, 11) is 0. The van der Waals surface area contributed by atoms with Gasteiger partial charge in [0.2, 0.25) is 11.0 Å². The lowest BCUT2D eigenvalue weighted by Crippen LogP contribution is -2.49. The fourth-order valence-corrected chi connectivity index (χ4v) is 3.44. The zero-order valence-electron chi connectivity index (χ0n) is 13.7. The molecule has 0 aromatic carbocycles. The average molecular weight is 348 g/mol. The second kappa shape index (κ2) is 7.12. The van der Waals surface area contributed by atoms with Gasteiger partial charge in [-0.3, -0.25) is 14.9 Å². The van der Waals surface area contributed by atoms with Crippen LogP contribution in [0.5, 0.6) is 0 Å². The fourth-order valence-electron chi connectivity index (χ4n) is 2.70. The van der Waals surface area contributed by atoms with Gasteiger partial charge in [0.05, 0.1) is 6.26 Å². The highest BCUT2D eigenvalue weighted by Gasteiger charge is 2.34. The van der Waals surface area contributed by atoms with Gasteiger partial charge in [-0.25, -0.2) is 0 Å². The number of carbonyl (C=O) groups is 2. The summed E-state index contributed by atoms with van der Waals surface area (Å²) in [5.74, 6) is 0.0496. The minimum Gasteiger partial charge on any atom is -0.459 e. The molecule has 1 aliphatic rings. The number of amides is 2. The maximum absolute atomic E-state index is 12.6. The minimum absolute atomic E-state index is 0.221. The van der Waals surface area contributed by atoms with Gasteiger partial charge in [0.1, 0.15) is 11.0 Å². The Labute approximate surface area is 144 Å². The number of hydrogen-bond donors (Lipinski definition) is 1. The Morgan fingerprint density at radius 2 is 2.21 bits per heavy atom. The molecule has 8 heteroatoms. The summed E-state index contributed by atoms with van der Waals surface area (Å²) < 4.78 is 5.18. The van der Waals surface area contributed by atoms with E-state index in [1.54, 1.807) is 17.0 Å². The molecule has 0 spiro atoms. The van der Waals surface area contributed by atoms with Crippen LogP contribution in [-0.2, 0) is 4.79 Å². The first-order valence-electron chi connectivity index (χ1n) is 8.05. The summed E-state index contributed by atoms with van der Waals surface area (Å²) >= 11 is 1.36. The molecule has 1 unspecified atom stereocenters. The molecular weight excluding hydrogens is 328 g/mol. The molecule has 0 bridgehead atoms. The molecule has 2 aromatic rings. The number of nitrogens with zero attached hydrogens (tertiary/aromatic N) is 3. The lowest BCUT2D eigenvalue weighted by molar-refractivity contribution is -0.121. The topological polar surface area (TPSA) is 88.3 Å². The summed E-state index contributed by atoms with van der Waals surface area (Å²) in [4.78, 5) is 26.8. The lowest BCUT2D eigenvalue weighted by Gasteiger charge is -2.33. The maximum Gasteiger partial charge on any atom is 0.290 e. The van der Waals surface area contributed by atoms with Gasteiger partial charge in [-0.1, -0.05) is 25.2 Å². The lowest BCUT2D eigenvalue weighted by atomic mass is 10.0. The van der Waals surface area contributed by atoms with E-state index in [4.69, 9.17) is 4.42 Å². The van der Waals surface area contributed by atoms with Crippen LogP contribution in [0.3, 0.4) is 0 Å². The van der Waals surface area contributed by atoms with Gasteiger partial charge >= 0.3 is 0 Å². The molecule has 24 heavy (non-hydrogen) atoms. The zero-order valence-corrected chi connectivity index (χ0v) is 14.5. The first-order valence-corrected chi connectivity index (χ1v) is 8.86. The van der Waals surface area contributed by atoms with Gasteiger partial charge in [0.25, 0.3) is 5.91 Å². The number of anilines is 1. The van der Waals surface area contributed by atoms with E-state index in [1.165, 1.54) is 17.6 Å². The maximum atomic E-state index is 12.6. The zero-order chi connectivity index (χ0) is 17.1. The van der Waals surface area contributed by atoms with Crippen LogP contribution in [0.15, 0.2) is 22.8 Å². The molecule has 2 amide bonds. The highest BCUT2D eigenvalue weighted by molar-refractivity contribution is 7.15. The molecule has 0 saturated carbocycles. The molecule has 1 N–H and O–H groups in total. The number of hydrogen-bond acceptors (Lipinski definition) is 6. The SMILES string of the molecule is CC(C)c1nnc(NC(=O)C2CCCCN2C(=O)c2ccco2)s1. The molecule has 2 aromatic heterocycles. The van der Waals surface area contributed by atoms with Crippen LogP contribution in [0.2, 0.25) is 0 Å². The number of rotatable bonds is 4. The number of furan rings is 1. The molecule has 0 radical (unpaired) electrons. The normalized spacial score (nSPS) is 18.0. The molecule has 3 heterocycles. The van der Waals surface area contributed by atoms with E-state index in [2.05, 4.69) is 15.5 Å². The minimum atomic E-state index is -0.511. The van der Waals surface area contributed by atoms with E-state index < -0.39 is 6.04 Å². The molecule has 1 fully saturated rings. The summed E-state index contributed by atoms with van der Waals surface area (Å²) in [6, 6.07) is 2.77. The third kappa shape index (κ3) is 3.48. The van der Waals surface area contributed by atoms with Crippen LogP contribution in [0.1, 0.15) is 54.6 Å². The molecule has 0 aliphatic carbocycles. The second-order valence-electron chi connectivity index (χ2n) is 6.08. The van der Waals surface area contributed by atoms with E-state index in [0.29, 0.717) is 18.1 Å². The summed E-state index contributed by atoms with van der Waals surface area (Å²) in [6.07, 6.45) is 3.88. The molecule has 3 rings (SSSR count). The van der Waals surface area contributed by atoms with E-state index >= 15 is 0 Å². The highest BCUT2D eigenvalue weighted by Crippen LogP contribution is 2.25. The van der Waals surface area contributed by atoms with Crippen molar-refractivity contribution in [1.82, 2.24) is 15.1 Å². The largest absolute Gasteiger partial charge is 0.459 e. The van der Waals surface area contributed by atoms with Crippen molar-refractivity contribution in [1.29, 1.82) is 0 Å². The van der Waals surface area contributed by atoms with Crippen LogP contribution in [0, 0.1) is 0 Å². The number of carbonyl (C=O) groups excluding carboxylic acids is 2. The predicted molar refractivity (Wildman–Crippen MR) is 90.0 cm³/mol. The Kier molecular flexibility index (Phi) is 4.94. The van der Waals surface area contributed by atoms with Crippen LogP contribution in [0.25, 0.3) is 0 Å². The Balaban J connectivity index is 1.72. The van der Waals surface area contributed by atoms with Crippen molar-refractivity contribution in [3.05, 3.63) is 29.2 Å². The molecule has 1 saturated heterocycles. The quantitative estimate of drug-likeness (QED) is 0.918. The van der Waals surface area contributed by atoms with Crippen molar-refractivity contribution in [2.45, 2.75) is 45.1 Å². The van der Waals surface area contributed by atoms with Crippen molar-refractivity contribution in [3.63, 3.8) is 0 Å². The van der Waals surface area contributed by atoms with Crippen LogP contribution < -0.4 is 5.32 Å². The summed E-state index contributed by atoms with van der Waals surface area (Å²) in [5, 5.41) is 12.2. The number of nitrogens with one attached hydrogen (secondary N) is 1. The third-order valence-electron chi connectivity index (χ3n) is 3.96. The van der Waals surface area contributed by atoms with E-state index in [9.17, 15) is 9.59 Å². The van der Waals surface area contributed by atoms with Crippen molar-refractivity contribution in [2.75, 3.05) is 11.9 Å². The molecule has 1 atom stereocenters. The monoisotopic (exact) mass is 348 g/mol. The van der Waals surface area contributed by atoms with Gasteiger partial charge in [-0.2, -0.15) is 0 Å². The molecule has 1 aliphatic heterocycles.